The highest BCUT2D eigenvalue weighted by Crippen LogP contribution is 2.39. The fourth-order valence-corrected chi connectivity index (χ4v) is 2.81. The van der Waals surface area contributed by atoms with Gasteiger partial charge in [0, 0.05) is 10.8 Å². The molecule has 2 aromatic rings. The number of amides is 1. The smallest absolute Gasteiger partial charge is 0.278 e. The van der Waals surface area contributed by atoms with Crippen molar-refractivity contribution < 1.29 is 9.21 Å². The predicted octanol–water partition coefficient (Wildman–Crippen LogP) is 3.30. The van der Waals surface area contributed by atoms with Crippen LogP contribution in [0.2, 0.25) is 0 Å². The number of rotatable bonds is 4. The molecule has 0 aliphatic heterocycles. The number of aryl methyl sites for hydroxylation is 1. The Hall–Kier alpha value is -2.13. The number of nitrogens with one attached hydrogen (secondary N) is 1. The minimum atomic E-state index is -0.332. The molecule has 0 aromatic carbocycles. The molecule has 20 heavy (non-hydrogen) atoms. The van der Waals surface area contributed by atoms with E-state index in [1.54, 1.807) is 6.07 Å². The predicted molar refractivity (Wildman–Crippen MR) is 74.8 cm³/mol. The van der Waals surface area contributed by atoms with E-state index < -0.39 is 0 Å². The number of anilines is 1. The van der Waals surface area contributed by atoms with Crippen molar-refractivity contribution in [1.29, 1.82) is 5.26 Å². The van der Waals surface area contributed by atoms with E-state index in [0.717, 1.165) is 24.1 Å². The van der Waals surface area contributed by atoms with Crippen molar-refractivity contribution in [2.45, 2.75) is 32.1 Å². The van der Waals surface area contributed by atoms with Gasteiger partial charge in [0.2, 0.25) is 0 Å². The van der Waals surface area contributed by atoms with Crippen LogP contribution in [0.25, 0.3) is 0 Å². The van der Waals surface area contributed by atoms with Gasteiger partial charge in [-0.2, -0.15) is 5.26 Å². The molecular weight excluding hydrogens is 274 g/mol. The first-order valence-electron chi connectivity index (χ1n) is 6.50. The van der Waals surface area contributed by atoms with Gasteiger partial charge in [-0.05, 0) is 25.3 Å². The molecule has 2 heterocycles. The first-order chi connectivity index (χ1) is 9.71. The van der Waals surface area contributed by atoms with Gasteiger partial charge in [-0.25, -0.2) is 4.98 Å². The highest BCUT2D eigenvalue weighted by atomic mass is 32.1. The number of aromatic nitrogens is 1. The molecule has 102 valence electrons. The van der Waals surface area contributed by atoms with Crippen molar-refractivity contribution >= 4 is 22.2 Å². The molecule has 0 atom stereocenters. The molecule has 0 spiro atoms. The molecule has 1 aliphatic carbocycles. The summed E-state index contributed by atoms with van der Waals surface area (Å²) in [7, 11) is 0. The zero-order valence-electron chi connectivity index (χ0n) is 11.0. The Morgan fingerprint density at radius 2 is 2.45 bits per heavy atom. The minimum Gasteiger partial charge on any atom is -0.448 e. The van der Waals surface area contributed by atoms with Crippen molar-refractivity contribution in [3.63, 3.8) is 0 Å². The topological polar surface area (TPSA) is 78.9 Å². The van der Waals surface area contributed by atoms with Gasteiger partial charge in [-0.15, -0.1) is 11.3 Å². The van der Waals surface area contributed by atoms with Crippen LogP contribution in [-0.4, -0.2) is 10.9 Å². The number of hydrogen-bond donors (Lipinski definition) is 1. The Kier molecular flexibility index (Phi) is 3.28. The van der Waals surface area contributed by atoms with Crippen molar-refractivity contribution in [2.24, 2.45) is 0 Å². The van der Waals surface area contributed by atoms with Crippen LogP contribution in [0.1, 0.15) is 52.5 Å². The summed E-state index contributed by atoms with van der Waals surface area (Å²) in [4.78, 5) is 17.4. The highest BCUT2D eigenvalue weighted by molar-refractivity contribution is 7.16. The van der Waals surface area contributed by atoms with E-state index in [4.69, 9.17) is 9.68 Å². The van der Waals surface area contributed by atoms with Crippen LogP contribution < -0.4 is 5.32 Å². The minimum absolute atomic E-state index is 0.266. The molecule has 1 aliphatic rings. The Morgan fingerprint density at radius 3 is 3.10 bits per heavy atom. The van der Waals surface area contributed by atoms with E-state index >= 15 is 0 Å². The SMILES string of the molecule is CCc1cc(C#N)c(NC(=O)c2coc(C3CC3)n2)s1. The van der Waals surface area contributed by atoms with Crippen LogP contribution in [0.15, 0.2) is 16.7 Å². The van der Waals surface area contributed by atoms with Crippen LogP contribution in [-0.2, 0) is 6.42 Å². The quantitative estimate of drug-likeness (QED) is 0.935. The molecule has 6 heteroatoms. The largest absolute Gasteiger partial charge is 0.448 e. The summed E-state index contributed by atoms with van der Waals surface area (Å²) >= 11 is 1.42. The van der Waals surface area contributed by atoms with E-state index in [9.17, 15) is 4.79 Å². The van der Waals surface area contributed by atoms with Crippen LogP contribution in [0, 0.1) is 11.3 Å². The number of nitriles is 1. The third kappa shape index (κ3) is 2.45. The molecule has 0 bridgehead atoms. The molecule has 3 rings (SSSR count). The van der Waals surface area contributed by atoms with E-state index in [-0.39, 0.29) is 11.6 Å². The summed E-state index contributed by atoms with van der Waals surface area (Å²) in [6.45, 7) is 2.01. The Morgan fingerprint density at radius 1 is 1.65 bits per heavy atom. The number of hydrogen-bond acceptors (Lipinski definition) is 5. The van der Waals surface area contributed by atoms with Crippen molar-refractivity contribution in [3.05, 3.63) is 34.4 Å². The summed E-state index contributed by atoms with van der Waals surface area (Å²) in [5, 5.41) is 12.4. The number of thiophene rings is 1. The standard InChI is InChI=1S/C14H13N3O2S/c1-2-10-5-9(6-15)14(20-10)17-12(18)11-7-19-13(16-11)8-3-4-8/h5,7-8H,2-4H2,1H3,(H,17,18). The molecule has 0 unspecified atom stereocenters. The molecule has 1 amide bonds. The van der Waals surface area contributed by atoms with Crippen LogP contribution >= 0.6 is 11.3 Å². The van der Waals surface area contributed by atoms with Crippen LogP contribution in [0.3, 0.4) is 0 Å². The third-order valence-electron chi connectivity index (χ3n) is 3.16. The first kappa shape index (κ1) is 12.9. The second kappa shape index (κ2) is 5.10. The lowest BCUT2D eigenvalue weighted by atomic mass is 10.3. The summed E-state index contributed by atoms with van der Waals surface area (Å²) in [5.74, 6) is 0.678. The lowest BCUT2D eigenvalue weighted by Gasteiger charge is -1.99. The molecule has 1 saturated carbocycles. The normalized spacial score (nSPS) is 14.0. The average molecular weight is 287 g/mol. The Balaban J connectivity index is 1.77. The van der Waals surface area contributed by atoms with Gasteiger partial charge < -0.3 is 9.73 Å². The number of oxazole rings is 1. The van der Waals surface area contributed by atoms with Gasteiger partial charge in [-0.1, -0.05) is 6.92 Å². The zero-order chi connectivity index (χ0) is 14.1. The summed E-state index contributed by atoms with van der Waals surface area (Å²) < 4.78 is 5.30. The lowest BCUT2D eigenvalue weighted by Crippen LogP contribution is -2.12. The van der Waals surface area contributed by atoms with E-state index in [2.05, 4.69) is 16.4 Å². The molecule has 2 aromatic heterocycles. The Bertz CT molecular complexity index is 692. The second-order valence-electron chi connectivity index (χ2n) is 4.72. The van der Waals surface area contributed by atoms with E-state index in [1.165, 1.54) is 17.6 Å². The first-order valence-corrected chi connectivity index (χ1v) is 7.32. The van der Waals surface area contributed by atoms with E-state index in [0.29, 0.717) is 22.4 Å². The van der Waals surface area contributed by atoms with Crippen LogP contribution in [0.4, 0.5) is 5.00 Å². The second-order valence-corrected chi connectivity index (χ2v) is 5.86. The van der Waals surface area contributed by atoms with Gasteiger partial charge in [0.05, 0.1) is 5.56 Å². The molecule has 1 fully saturated rings. The fourth-order valence-electron chi connectivity index (χ4n) is 1.87. The van der Waals surface area contributed by atoms with Crippen molar-refractivity contribution in [2.75, 3.05) is 5.32 Å². The molecular formula is C14H13N3O2S. The van der Waals surface area contributed by atoms with Gasteiger partial charge in [0.1, 0.15) is 17.3 Å². The third-order valence-corrected chi connectivity index (χ3v) is 4.36. The van der Waals surface area contributed by atoms with Crippen molar-refractivity contribution in [1.82, 2.24) is 4.98 Å². The molecule has 5 nitrogen and oxygen atoms in total. The van der Waals surface area contributed by atoms with Gasteiger partial charge in [0.15, 0.2) is 11.6 Å². The van der Waals surface area contributed by atoms with Gasteiger partial charge >= 0.3 is 0 Å². The van der Waals surface area contributed by atoms with Crippen LogP contribution in [0.5, 0.6) is 0 Å². The fraction of sp³-hybridized carbons (Fsp3) is 0.357. The summed E-state index contributed by atoms with van der Waals surface area (Å²) in [6, 6.07) is 3.90. The molecule has 1 N–H and O–H groups in total. The summed E-state index contributed by atoms with van der Waals surface area (Å²) in [5.41, 5.74) is 0.758. The maximum Gasteiger partial charge on any atom is 0.278 e. The Labute approximate surface area is 120 Å². The number of carbonyl (C=O) groups excluding carboxylic acids is 1. The van der Waals surface area contributed by atoms with E-state index in [1.807, 2.05) is 6.92 Å². The molecule has 0 radical (unpaired) electrons. The van der Waals surface area contributed by atoms with Gasteiger partial charge in [0.25, 0.3) is 5.91 Å². The lowest BCUT2D eigenvalue weighted by molar-refractivity contribution is 0.102. The number of nitrogens with zero attached hydrogens (tertiary/aromatic N) is 2. The highest BCUT2D eigenvalue weighted by Gasteiger charge is 2.29. The zero-order valence-corrected chi connectivity index (χ0v) is 11.8. The maximum atomic E-state index is 12.1. The molecule has 0 saturated heterocycles. The monoisotopic (exact) mass is 287 g/mol. The number of carbonyl (C=O) groups is 1. The summed E-state index contributed by atoms with van der Waals surface area (Å²) in [6.07, 6.45) is 4.37. The maximum absolute atomic E-state index is 12.1. The van der Waals surface area contributed by atoms with Gasteiger partial charge in [-0.3, -0.25) is 4.79 Å². The average Bonchev–Trinajstić information content (AvgIpc) is 3.05. The van der Waals surface area contributed by atoms with Crippen molar-refractivity contribution in [3.8, 4) is 6.07 Å².